The van der Waals surface area contributed by atoms with Crippen molar-refractivity contribution in [1.29, 1.82) is 0 Å². The minimum atomic E-state index is -0.297. The van der Waals surface area contributed by atoms with Crippen LogP contribution in [0.5, 0.6) is 11.5 Å². The molecule has 0 saturated carbocycles. The Hall–Kier alpha value is -2.73. The Morgan fingerprint density at radius 1 is 1.38 bits per heavy atom. The highest BCUT2D eigenvalue weighted by Crippen LogP contribution is 2.55. The summed E-state index contributed by atoms with van der Waals surface area (Å²) in [5.74, 6) is 1.35. The van der Waals surface area contributed by atoms with Crippen LogP contribution in [0.25, 0.3) is 0 Å². The van der Waals surface area contributed by atoms with E-state index in [1.54, 1.807) is 13.3 Å². The van der Waals surface area contributed by atoms with E-state index in [0.29, 0.717) is 18.4 Å². The van der Waals surface area contributed by atoms with Crippen molar-refractivity contribution in [2.45, 2.75) is 43.4 Å². The predicted molar refractivity (Wildman–Crippen MR) is 109 cm³/mol. The quantitative estimate of drug-likeness (QED) is 0.628. The van der Waals surface area contributed by atoms with Gasteiger partial charge in [-0.05, 0) is 43.9 Å². The second-order valence-electron chi connectivity index (χ2n) is 8.25. The lowest BCUT2D eigenvalue weighted by Gasteiger charge is -2.36. The number of rotatable bonds is 3. The van der Waals surface area contributed by atoms with Gasteiger partial charge in [0.2, 0.25) is 0 Å². The molecule has 3 heterocycles. The molecule has 6 nitrogen and oxygen atoms in total. The summed E-state index contributed by atoms with van der Waals surface area (Å²) in [4.78, 5) is 14.9. The van der Waals surface area contributed by atoms with Crippen molar-refractivity contribution in [3.8, 4) is 11.5 Å². The van der Waals surface area contributed by atoms with Crippen LogP contribution >= 0.6 is 0 Å². The zero-order valence-electron chi connectivity index (χ0n) is 16.8. The van der Waals surface area contributed by atoms with E-state index in [2.05, 4.69) is 29.4 Å². The minimum absolute atomic E-state index is 0.0693. The number of nitrogens with zero attached hydrogens (tertiary/aromatic N) is 1. The number of ether oxygens (including phenoxy) is 3. The van der Waals surface area contributed by atoms with Crippen molar-refractivity contribution in [2.24, 2.45) is 0 Å². The van der Waals surface area contributed by atoms with Crippen molar-refractivity contribution in [1.82, 2.24) is 10.2 Å². The first-order valence-electron chi connectivity index (χ1n) is 10.2. The van der Waals surface area contributed by atoms with E-state index < -0.39 is 0 Å². The van der Waals surface area contributed by atoms with Crippen molar-refractivity contribution in [2.75, 3.05) is 20.7 Å². The molecule has 5 rings (SSSR count). The Morgan fingerprint density at radius 3 is 3.07 bits per heavy atom. The van der Waals surface area contributed by atoms with Crippen LogP contribution < -0.4 is 14.8 Å². The van der Waals surface area contributed by atoms with Crippen LogP contribution in [0.2, 0.25) is 0 Å². The lowest BCUT2D eigenvalue weighted by Crippen LogP contribution is -2.43. The van der Waals surface area contributed by atoms with E-state index >= 15 is 0 Å². The molecule has 1 aliphatic carbocycles. The Bertz CT molecular complexity index is 935. The van der Waals surface area contributed by atoms with E-state index in [1.165, 1.54) is 11.1 Å². The number of carbonyl (C=O) groups excluding carboxylic acids is 1. The van der Waals surface area contributed by atoms with Gasteiger partial charge in [0.1, 0.15) is 12.2 Å². The minimum Gasteiger partial charge on any atom is -0.493 e. The summed E-state index contributed by atoms with van der Waals surface area (Å²) in [6, 6.07) is 4.15. The number of hydrogen-bond acceptors (Lipinski definition) is 6. The maximum atomic E-state index is 12.5. The molecular weight excluding hydrogens is 368 g/mol. The number of allylic oxidation sites excluding steroid dienone is 1. The Labute approximate surface area is 170 Å². The molecule has 1 unspecified atom stereocenters. The van der Waals surface area contributed by atoms with Crippen LogP contribution in [-0.4, -0.2) is 43.8 Å². The molecule has 0 fully saturated rings. The molecule has 3 atom stereocenters. The summed E-state index contributed by atoms with van der Waals surface area (Å²) in [7, 11) is 3.83. The Morgan fingerprint density at radius 2 is 2.28 bits per heavy atom. The molecule has 1 spiro atoms. The first-order chi connectivity index (χ1) is 14.1. The molecule has 29 heavy (non-hydrogen) atoms. The van der Waals surface area contributed by atoms with E-state index in [9.17, 15) is 4.79 Å². The van der Waals surface area contributed by atoms with Crippen LogP contribution in [0, 0.1) is 0 Å². The van der Waals surface area contributed by atoms with Gasteiger partial charge >= 0.3 is 5.97 Å². The third kappa shape index (κ3) is 2.94. The monoisotopic (exact) mass is 394 g/mol. The number of carbonyl (C=O) groups is 1. The summed E-state index contributed by atoms with van der Waals surface area (Å²) in [6.45, 7) is 1.88. The molecule has 1 aromatic rings. The van der Waals surface area contributed by atoms with E-state index in [1.807, 2.05) is 24.4 Å². The van der Waals surface area contributed by atoms with Gasteiger partial charge < -0.3 is 24.4 Å². The highest BCUT2D eigenvalue weighted by atomic mass is 16.6. The summed E-state index contributed by atoms with van der Waals surface area (Å²) in [6.07, 6.45) is 11.5. The van der Waals surface area contributed by atoms with E-state index in [4.69, 9.17) is 14.2 Å². The van der Waals surface area contributed by atoms with Crippen LogP contribution in [0.3, 0.4) is 0 Å². The summed E-state index contributed by atoms with van der Waals surface area (Å²) in [5.41, 5.74) is 2.98. The predicted octanol–water partition coefficient (Wildman–Crippen LogP) is 2.79. The summed E-state index contributed by atoms with van der Waals surface area (Å²) in [5, 5.41) is 2.95. The van der Waals surface area contributed by atoms with Crippen LogP contribution in [-0.2, 0) is 21.5 Å². The molecule has 1 aromatic carbocycles. The Kier molecular flexibility index (Phi) is 4.39. The smallest absolute Gasteiger partial charge is 0.336 e. The normalized spacial score (nSPS) is 29.7. The maximum Gasteiger partial charge on any atom is 0.336 e. The topological polar surface area (TPSA) is 60.0 Å². The van der Waals surface area contributed by atoms with Crippen molar-refractivity contribution < 1.29 is 19.0 Å². The summed E-state index contributed by atoms with van der Waals surface area (Å²) >= 11 is 0. The second kappa shape index (κ2) is 6.95. The molecule has 152 valence electrons. The molecular formula is C23H26N2O4. The summed E-state index contributed by atoms with van der Waals surface area (Å²) < 4.78 is 17.9. The van der Waals surface area contributed by atoms with Gasteiger partial charge in [-0.15, -0.1) is 0 Å². The molecule has 4 aliphatic rings. The molecule has 0 radical (unpaired) electrons. The van der Waals surface area contributed by atoms with Crippen molar-refractivity contribution in [3.63, 3.8) is 0 Å². The fourth-order valence-electron chi connectivity index (χ4n) is 4.97. The van der Waals surface area contributed by atoms with Gasteiger partial charge in [0.05, 0.1) is 18.1 Å². The third-order valence-corrected chi connectivity index (χ3v) is 6.46. The largest absolute Gasteiger partial charge is 0.493 e. The first kappa shape index (κ1) is 18.3. The molecule has 6 heteroatoms. The van der Waals surface area contributed by atoms with Gasteiger partial charge in [-0.1, -0.05) is 18.2 Å². The number of benzene rings is 1. The van der Waals surface area contributed by atoms with Gasteiger partial charge in [-0.3, -0.25) is 0 Å². The molecule has 0 aromatic heterocycles. The number of hydrogen-bond donors (Lipinski definition) is 1. The molecule has 3 aliphatic heterocycles. The van der Waals surface area contributed by atoms with Gasteiger partial charge in [0.15, 0.2) is 11.5 Å². The highest BCUT2D eigenvalue weighted by Gasteiger charge is 2.53. The number of methoxy groups -OCH3 is 1. The second-order valence-corrected chi connectivity index (χ2v) is 8.25. The molecule has 0 bridgehead atoms. The SMILES string of the molecule is COc1ccc2c3c1O[C@H]1C[C@@H](OC(=O)C4=CNC=CC4)C=CC31CCN(C)C2. The van der Waals surface area contributed by atoms with Gasteiger partial charge in [0.25, 0.3) is 0 Å². The fraction of sp³-hybridized carbons (Fsp3) is 0.435. The van der Waals surface area contributed by atoms with Gasteiger partial charge in [-0.25, -0.2) is 4.79 Å². The van der Waals surface area contributed by atoms with Crippen LogP contribution in [0.15, 0.2) is 48.3 Å². The van der Waals surface area contributed by atoms with Crippen LogP contribution in [0.1, 0.15) is 30.4 Å². The average molecular weight is 394 g/mol. The Balaban J connectivity index is 1.45. The average Bonchev–Trinajstić information content (AvgIpc) is 3.00. The fourth-order valence-corrected chi connectivity index (χ4v) is 4.97. The number of dihydropyridines is 1. The maximum absolute atomic E-state index is 12.5. The van der Waals surface area contributed by atoms with Gasteiger partial charge in [-0.2, -0.15) is 0 Å². The zero-order chi connectivity index (χ0) is 20.0. The van der Waals surface area contributed by atoms with Crippen LogP contribution in [0.4, 0.5) is 0 Å². The van der Waals surface area contributed by atoms with Crippen molar-refractivity contribution in [3.05, 3.63) is 59.5 Å². The molecule has 1 N–H and O–H groups in total. The van der Waals surface area contributed by atoms with E-state index in [0.717, 1.165) is 31.0 Å². The van der Waals surface area contributed by atoms with Crippen molar-refractivity contribution >= 4 is 5.97 Å². The zero-order valence-corrected chi connectivity index (χ0v) is 16.8. The van der Waals surface area contributed by atoms with Gasteiger partial charge in [0, 0.05) is 31.1 Å². The lowest BCUT2D eigenvalue weighted by molar-refractivity contribution is -0.143. The standard InChI is InChI=1S/C23H26N2O4/c1-25-11-9-23-8-7-17(28-22(26)15-4-3-10-24-13-15)12-19(23)29-21-18(27-2)6-5-16(14-25)20(21)23/h3,5-8,10,13,17,19,24H,4,9,11-12,14H2,1-2H3/t17-,19-,23?/m0/s1. The molecule has 0 amide bonds. The molecule has 0 saturated heterocycles. The first-order valence-corrected chi connectivity index (χ1v) is 10.2. The van der Waals surface area contributed by atoms with E-state index in [-0.39, 0.29) is 23.6 Å². The number of esters is 1. The number of nitrogens with one attached hydrogen (secondary N) is 1. The highest BCUT2D eigenvalue weighted by molar-refractivity contribution is 5.89. The lowest BCUT2D eigenvalue weighted by atomic mass is 9.69. The third-order valence-electron chi connectivity index (χ3n) is 6.46.